The molecule has 1 unspecified atom stereocenters. The molecule has 0 saturated carbocycles. The molecular weight excluding hydrogens is 430 g/mol. The number of ether oxygens (including phenoxy) is 1. The maximum atomic E-state index is 13.0. The number of aliphatic hydroxyl groups excluding tert-OH is 1. The average Bonchev–Trinajstić information content (AvgIpc) is 3.51. The van der Waals surface area contributed by atoms with Gasteiger partial charge in [0.2, 0.25) is 0 Å². The van der Waals surface area contributed by atoms with Gasteiger partial charge in [-0.1, -0.05) is 19.1 Å². The minimum Gasteiger partial charge on any atom is -0.507 e. The molecule has 0 aliphatic carbocycles. The number of hydrogen-bond donors (Lipinski definition) is 1. The number of hydrogen-bond acceptors (Lipinski definition) is 6. The number of aryl methyl sites for hydroxylation is 1. The van der Waals surface area contributed by atoms with E-state index in [0.717, 1.165) is 27.5 Å². The van der Waals surface area contributed by atoms with Crippen LogP contribution in [-0.2, 0) is 16.1 Å². The van der Waals surface area contributed by atoms with Crippen molar-refractivity contribution in [2.45, 2.75) is 32.9 Å². The van der Waals surface area contributed by atoms with Gasteiger partial charge in [0.25, 0.3) is 11.7 Å². The maximum Gasteiger partial charge on any atom is 0.296 e. The number of aliphatic hydroxyl groups is 1. The third-order valence-electron chi connectivity index (χ3n) is 5.17. The molecule has 5 nitrogen and oxygen atoms in total. The smallest absolute Gasteiger partial charge is 0.296 e. The molecule has 3 aromatic rings. The summed E-state index contributed by atoms with van der Waals surface area (Å²) in [7, 11) is 0. The molecule has 7 heteroatoms. The quantitative estimate of drug-likeness (QED) is 0.290. The van der Waals surface area contributed by atoms with Crippen molar-refractivity contribution >= 4 is 40.1 Å². The van der Waals surface area contributed by atoms with Crippen molar-refractivity contribution in [2.24, 2.45) is 0 Å². The van der Waals surface area contributed by atoms with Gasteiger partial charge >= 0.3 is 0 Å². The summed E-state index contributed by atoms with van der Waals surface area (Å²) in [5, 5.41) is 15.0. The number of likely N-dealkylation sites (tertiary alicyclic amines) is 1. The van der Waals surface area contributed by atoms with Gasteiger partial charge < -0.3 is 14.7 Å². The Kier molecular flexibility index (Phi) is 6.25. The summed E-state index contributed by atoms with van der Waals surface area (Å²) in [4.78, 5) is 29.4. The van der Waals surface area contributed by atoms with Gasteiger partial charge in [-0.3, -0.25) is 9.59 Å². The zero-order chi connectivity index (χ0) is 22.0. The Morgan fingerprint density at radius 2 is 1.90 bits per heavy atom. The average molecular weight is 454 g/mol. The molecule has 1 saturated heterocycles. The molecule has 1 N–H and O–H groups in total. The van der Waals surface area contributed by atoms with Crippen LogP contribution < -0.4 is 4.74 Å². The Morgan fingerprint density at radius 1 is 1.13 bits per heavy atom. The normalized spacial score (nSPS) is 18.0. The van der Waals surface area contributed by atoms with E-state index in [-0.39, 0.29) is 11.3 Å². The number of rotatable bonds is 7. The van der Waals surface area contributed by atoms with Crippen LogP contribution in [0.15, 0.2) is 58.8 Å². The third-order valence-corrected chi connectivity index (χ3v) is 6.95. The monoisotopic (exact) mass is 453 g/mol. The minimum absolute atomic E-state index is 0.130. The van der Waals surface area contributed by atoms with E-state index in [2.05, 4.69) is 0 Å². The van der Waals surface area contributed by atoms with Crippen LogP contribution in [0.1, 0.15) is 40.3 Å². The van der Waals surface area contributed by atoms with Crippen molar-refractivity contribution < 1.29 is 19.4 Å². The lowest BCUT2D eigenvalue weighted by Gasteiger charge is -2.23. The highest BCUT2D eigenvalue weighted by Crippen LogP contribution is 2.42. The second-order valence-electron chi connectivity index (χ2n) is 7.35. The highest BCUT2D eigenvalue weighted by atomic mass is 32.1. The van der Waals surface area contributed by atoms with Crippen molar-refractivity contribution in [3.8, 4) is 5.75 Å². The Balaban J connectivity index is 1.77. The lowest BCUT2D eigenvalue weighted by atomic mass is 9.98. The summed E-state index contributed by atoms with van der Waals surface area (Å²) in [6.07, 6.45) is 0.898. The molecule has 0 spiro atoms. The molecule has 3 heterocycles. The van der Waals surface area contributed by atoms with Crippen LogP contribution in [0.25, 0.3) is 5.76 Å². The predicted octanol–water partition coefficient (Wildman–Crippen LogP) is 5.53. The molecule has 1 fully saturated rings. The molecule has 2 aromatic heterocycles. The minimum atomic E-state index is -0.656. The van der Waals surface area contributed by atoms with Crippen molar-refractivity contribution in [1.29, 1.82) is 0 Å². The van der Waals surface area contributed by atoms with Gasteiger partial charge in [-0.2, -0.15) is 0 Å². The van der Waals surface area contributed by atoms with Crippen molar-refractivity contribution in [3.05, 3.63) is 79.7 Å². The number of nitrogens with zero attached hydrogens (tertiary/aromatic N) is 1. The number of Topliss-reactive ketones (excluding diaryl/α,β-unsaturated/α-hetero) is 1. The van der Waals surface area contributed by atoms with Crippen molar-refractivity contribution in [1.82, 2.24) is 4.90 Å². The number of thiophene rings is 2. The van der Waals surface area contributed by atoms with Crippen LogP contribution in [0.4, 0.5) is 0 Å². The molecule has 1 aliphatic heterocycles. The second-order valence-corrected chi connectivity index (χ2v) is 9.36. The molecule has 4 rings (SSSR count). The molecule has 1 aromatic carbocycles. The van der Waals surface area contributed by atoms with Gasteiger partial charge in [-0.05, 0) is 60.0 Å². The van der Waals surface area contributed by atoms with Crippen LogP contribution in [0, 0.1) is 6.92 Å². The van der Waals surface area contributed by atoms with Gasteiger partial charge in [0.1, 0.15) is 17.6 Å². The van der Waals surface area contributed by atoms with Crippen LogP contribution in [-0.4, -0.2) is 28.3 Å². The van der Waals surface area contributed by atoms with Crippen LogP contribution in [0.2, 0.25) is 0 Å². The first kappa shape index (κ1) is 21.3. The van der Waals surface area contributed by atoms with E-state index in [1.807, 2.05) is 48.9 Å². The Morgan fingerprint density at radius 3 is 2.55 bits per heavy atom. The Bertz CT molecular complexity index is 1120. The van der Waals surface area contributed by atoms with Gasteiger partial charge in [0.05, 0.1) is 18.7 Å². The first-order valence-corrected chi connectivity index (χ1v) is 11.8. The van der Waals surface area contributed by atoms with Crippen molar-refractivity contribution in [3.63, 3.8) is 0 Å². The van der Waals surface area contributed by atoms with E-state index in [9.17, 15) is 14.7 Å². The summed E-state index contributed by atoms with van der Waals surface area (Å²) in [5.41, 5.74) is 1.49. The summed E-state index contributed by atoms with van der Waals surface area (Å²) < 4.78 is 5.72. The first-order valence-electron chi connectivity index (χ1n) is 10.1. The topological polar surface area (TPSA) is 66.8 Å². The third kappa shape index (κ3) is 4.16. The van der Waals surface area contributed by atoms with Crippen LogP contribution in [0.3, 0.4) is 0 Å². The fraction of sp³-hybridized carbons (Fsp3) is 0.250. The van der Waals surface area contributed by atoms with E-state index in [1.165, 1.54) is 22.7 Å². The van der Waals surface area contributed by atoms with E-state index in [1.54, 1.807) is 23.1 Å². The summed E-state index contributed by atoms with van der Waals surface area (Å²) in [6.45, 7) is 4.87. The second kappa shape index (κ2) is 9.08. The van der Waals surface area contributed by atoms with Gasteiger partial charge in [0, 0.05) is 15.3 Å². The Labute approximate surface area is 189 Å². The Hall–Kier alpha value is -2.90. The van der Waals surface area contributed by atoms with E-state index >= 15 is 0 Å². The molecule has 1 atom stereocenters. The maximum absolute atomic E-state index is 13.0. The number of carbonyl (C=O) groups is 2. The molecule has 0 radical (unpaired) electrons. The number of amides is 1. The lowest BCUT2D eigenvalue weighted by Crippen LogP contribution is -2.28. The van der Waals surface area contributed by atoms with E-state index < -0.39 is 17.7 Å². The SMILES string of the molecule is CCCOc1ccc(/C(O)=C2/C(=O)C(=O)N(Cc3cccs3)C2c2cccs2)cc1C. The summed E-state index contributed by atoms with van der Waals surface area (Å²) in [5.74, 6) is -0.661. The van der Waals surface area contributed by atoms with Gasteiger partial charge in [0.15, 0.2) is 0 Å². The number of ketones is 1. The molecule has 0 bridgehead atoms. The highest BCUT2D eigenvalue weighted by molar-refractivity contribution is 7.10. The highest BCUT2D eigenvalue weighted by Gasteiger charge is 2.46. The molecule has 160 valence electrons. The largest absolute Gasteiger partial charge is 0.507 e. The standard InChI is InChI=1S/C24H23NO4S2/c1-3-10-29-18-9-8-16(13-15(18)2)22(26)20-21(19-7-5-12-31-19)25(24(28)23(20)27)14-17-6-4-11-30-17/h4-9,11-13,21,26H,3,10,14H2,1-2H3/b22-20-. The predicted molar refractivity (Wildman–Crippen MR) is 123 cm³/mol. The lowest BCUT2D eigenvalue weighted by molar-refractivity contribution is -0.140. The zero-order valence-corrected chi connectivity index (χ0v) is 19.0. The molecule has 1 aliphatic rings. The van der Waals surface area contributed by atoms with Gasteiger partial charge in [-0.15, -0.1) is 22.7 Å². The van der Waals surface area contributed by atoms with Crippen molar-refractivity contribution in [2.75, 3.05) is 6.61 Å². The van der Waals surface area contributed by atoms with E-state index in [4.69, 9.17) is 4.74 Å². The van der Waals surface area contributed by atoms with Crippen LogP contribution >= 0.6 is 22.7 Å². The number of carbonyl (C=O) groups excluding carboxylic acids is 2. The number of benzene rings is 1. The first-order chi connectivity index (χ1) is 15.0. The summed E-state index contributed by atoms with van der Waals surface area (Å²) >= 11 is 3.00. The van der Waals surface area contributed by atoms with E-state index in [0.29, 0.717) is 18.7 Å². The molecule has 31 heavy (non-hydrogen) atoms. The fourth-order valence-electron chi connectivity index (χ4n) is 3.68. The zero-order valence-electron chi connectivity index (χ0n) is 17.3. The van der Waals surface area contributed by atoms with Crippen LogP contribution in [0.5, 0.6) is 5.75 Å². The molecule has 1 amide bonds. The van der Waals surface area contributed by atoms with Gasteiger partial charge in [-0.25, -0.2) is 0 Å². The molecular formula is C24H23NO4S2. The summed E-state index contributed by atoms with van der Waals surface area (Å²) in [6, 6.07) is 12.3. The fourth-order valence-corrected chi connectivity index (χ4v) is 5.23.